The first-order chi connectivity index (χ1) is 20.4. The molecule has 1 aliphatic rings. The van der Waals surface area contributed by atoms with Gasteiger partial charge in [0.2, 0.25) is 0 Å². The monoisotopic (exact) mass is 555 g/mol. The summed E-state index contributed by atoms with van der Waals surface area (Å²) in [5, 5.41) is 3.31. The molecule has 0 aliphatic carbocycles. The Balaban J connectivity index is 1.66. The molecule has 0 spiro atoms. The molecule has 5 nitrogen and oxygen atoms in total. The van der Waals surface area contributed by atoms with Gasteiger partial charge in [-0.1, -0.05) is 54.6 Å². The number of aryl methyl sites for hydroxylation is 3. The standard InChI is InChI=1S/C37H37N3O2/c1-7-38-23(4)33(26-16-10-13-19-30(26)38)29-22-37(42-36(29)41,34-24(5)39(8-2)31-20-14-11-17-27(31)34)35-25(6)40(9-3)32-21-15-12-18-28(32)35/h10-22H,7-9H2,1-6H3. The van der Waals surface area contributed by atoms with Crippen LogP contribution >= 0.6 is 0 Å². The number of esters is 1. The first kappa shape index (κ1) is 26.4. The first-order valence-electron chi connectivity index (χ1n) is 15.1. The van der Waals surface area contributed by atoms with E-state index in [1.54, 1.807) is 0 Å². The van der Waals surface area contributed by atoms with Crippen molar-refractivity contribution < 1.29 is 9.53 Å². The zero-order chi connectivity index (χ0) is 29.3. The summed E-state index contributed by atoms with van der Waals surface area (Å²) in [7, 11) is 0. The van der Waals surface area contributed by atoms with E-state index in [1.165, 1.54) is 0 Å². The molecule has 0 N–H and O–H groups in total. The van der Waals surface area contributed by atoms with Crippen molar-refractivity contribution in [3.63, 3.8) is 0 Å². The normalized spacial score (nSPS) is 14.8. The minimum Gasteiger partial charge on any atom is -0.441 e. The second-order valence-electron chi connectivity index (χ2n) is 11.3. The maximum absolute atomic E-state index is 14.4. The predicted molar refractivity (Wildman–Crippen MR) is 172 cm³/mol. The summed E-state index contributed by atoms with van der Waals surface area (Å²) in [5.74, 6) is -0.280. The Bertz CT molecular complexity index is 1990. The van der Waals surface area contributed by atoms with E-state index < -0.39 is 5.60 Å². The molecule has 0 unspecified atom stereocenters. The Kier molecular flexibility index (Phi) is 5.98. The summed E-state index contributed by atoms with van der Waals surface area (Å²) in [6.45, 7) is 15.4. The fourth-order valence-electron chi connectivity index (χ4n) is 7.83. The molecule has 7 rings (SSSR count). The molecule has 1 aliphatic heterocycles. The minimum absolute atomic E-state index is 0.280. The highest BCUT2D eigenvalue weighted by Crippen LogP contribution is 2.52. The number of cyclic esters (lactones) is 1. The average Bonchev–Trinajstić information content (AvgIpc) is 3.67. The van der Waals surface area contributed by atoms with E-state index >= 15 is 0 Å². The van der Waals surface area contributed by atoms with Crippen molar-refractivity contribution in [1.29, 1.82) is 0 Å². The van der Waals surface area contributed by atoms with Gasteiger partial charge in [-0.25, -0.2) is 4.79 Å². The zero-order valence-corrected chi connectivity index (χ0v) is 25.3. The van der Waals surface area contributed by atoms with Crippen LogP contribution in [-0.4, -0.2) is 19.7 Å². The minimum atomic E-state index is -1.09. The number of rotatable bonds is 6. The van der Waals surface area contributed by atoms with Crippen molar-refractivity contribution in [3.8, 4) is 0 Å². The van der Waals surface area contributed by atoms with Crippen molar-refractivity contribution >= 4 is 44.3 Å². The van der Waals surface area contributed by atoms with Gasteiger partial charge in [-0.3, -0.25) is 0 Å². The lowest BCUT2D eigenvalue weighted by Crippen LogP contribution is -2.29. The maximum Gasteiger partial charge on any atom is 0.340 e. The van der Waals surface area contributed by atoms with Gasteiger partial charge in [-0.2, -0.15) is 0 Å². The van der Waals surface area contributed by atoms with E-state index in [0.29, 0.717) is 5.57 Å². The molecular formula is C37H37N3O2. The van der Waals surface area contributed by atoms with E-state index in [4.69, 9.17) is 4.74 Å². The number of hydrogen-bond acceptors (Lipinski definition) is 2. The quantitative estimate of drug-likeness (QED) is 0.194. The van der Waals surface area contributed by atoms with Gasteiger partial charge in [0.25, 0.3) is 0 Å². The number of para-hydroxylation sites is 3. The molecule has 212 valence electrons. The van der Waals surface area contributed by atoms with Crippen molar-refractivity contribution in [2.24, 2.45) is 0 Å². The highest BCUT2D eigenvalue weighted by atomic mass is 16.6. The summed E-state index contributed by atoms with van der Waals surface area (Å²) in [6.07, 6.45) is 2.15. The number of benzene rings is 3. The highest BCUT2D eigenvalue weighted by molar-refractivity contribution is 6.23. The van der Waals surface area contributed by atoms with Crippen LogP contribution in [0.3, 0.4) is 0 Å². The summed E-state index contributed by atoms with van der Waals surface area (Å²) < 4.78 is 13.8. The van der Waals surface area contributed by atoms with Crippen LogP contribution in [0.4, 0.5) is 0 Å². The molecule has 3 aromatic carbocycles. The predicted octanol–water partition coefficient (Wildman–Crippen LogP) is 8.42. The fourth-order valence-corrected chi connectivity index (χ4v) is 7.83. The maximum atomic E-state index is 14.4. The molecule has 0 saturated carbocycles. The van der Waals surface area contributed by atoms with Crippen LogP contribution in [0.2, 0.25) is 0 Å². The lowest BCUT2D eigenvalue weighted by atomic mass is 9.81. The molecule has 4 heterocycles. The van der Waals surface area contributed by atoms with Gasteiger partial charge in [0.15, 0.2) is 5.60 Å². The van der Waals surface area contributed by atoms with Gasteiger partial charge >= 0.3 is 5.97 Å². The van der Waals surface area contributed by atoms with Crippen LogP contribution in [0.5, 0.6) is 0 Å². The third-order valence-corrected chi connectivity index (χ3v) is 9.47. The van der Waals surface area contributed by atoms with Gasteiger partial charge in [0.1, 0.15) is 0 Å². The van der Waals surface area contributed by atoms with Gasteiger partial charge < -0.3 is 18.4 Å². The van der Waals surface area contributed by atoms with Crippen molar-refractivity contribution in [1.82, 2.24) is 13.7 Å². The molecule has 0 bridgehead atoms. The van der Waals surface area contributed by atoms with E-state index in [-0.39, 0.29) is 5.97 Å². The number of hydrogen-bond donors (Lipinski definition) is 0. The van der Waals surface area contributed by atoms with Crippen LogP contribution < -0.4 is 0 Å². The Labute approximate surface area is 246 Å². The van der Waals surface area contributed by atoms with E-state index in [1.807, 2.05) is 0 Å². The molecule has 5 heteroatoms. The summed E-state index contributed by atoms with van der Waals surface area (Å²) in [6, 6.07) is 25.4. The molecule has 0 atom stereocenters. The molecule has 0 radical (unpaired) electrons. The third-order valence-electron chi connectivity index (χ3n) is 9.47. The molecular weight excluding hydrogens is 518 g/mol. The fraction of sp³-hybridized carbons (Fsp3) is 0.270. The number of carbonyl (C=O) groups is 1. The molecule has 42 heavy (non-hydrogen) atoms. The van der Waals surface area contributed by atoms with Gasteiger partial charge in [0.05, 0.1) is 5.57 Å². The summed E-state index contributed by atoms with van der Waals surface area (Å²) >= 11 is 0. The first-order valence-corrected chi connectivity index (χ1v) is 15.1. The lowest BCUT2D eigenvalue weighted by Gasteiger charge is -2.29. The van der Waals surface area contributed by atoms with Crippen LogP contribution in [0, 0.1) is 20.8 Å². The Morgan fingerprint density at radius 3 is 1.48 bits per heavy atom. The number of nitrogens with zero attached hydrogens (tertiary/aromatic N) is 3. The van der Waals surface area contributed by atoms with Crippen LogP contribution in [0.25, 0.3) is 38.3 Å². The van der Waals surface area contributed by atoms with Gasteiger partial charge in [-0.05, 0) is 65.8 Å². The van der Waals surface area contributed by atoms with Gasteiger partial charge in [0, 0.05) is 86.1 Å². The number of aromatic nitrogens is 3. The highest BCUT2D eigenvalue weighted by Gasteiger charge is 2.50. The molecule has 3 aromatic heterocycles. The summed E-state index contributed by atoms with van der Waals surface area (Å²) in [5.41, 5.74) is 9.35. The Morgan fingerprint density at radius 2 is 1.00 bits per heavy atom. The average molecular weight is 556 g/mol. The Morgan fingerprint density at radius 1 is 0.595 bits per heavy atom. The number of fused-ring (bicyclic) bond motifs is 3. The molecule has 0 amide bonds. The summed E-state index contributed by atoms with van der Waals surface area (Å²) in [4.78, 5) is 14.4. The third kappa shape index (κ3) is 3.34. The van der Waals surface area contributed by atoms with Crippen LogP contribution in [0.15, 0.2) is 78.9 Å². The topological polar surface area (TPSA) is 41.1 Å². The zero-order valence-electron chi connectivity index (χ0n) is 25.3. The second-order valence-corrected chi connectivity index (χ2v) is 11.3. The molecule has 0 saturated heterocycles. The van der Waals surface area contributed by atoms with Crippen molar-refractivity contribution in [3.05, 3.63) is 113 Å². The van der Waals surface area contributed by atoms with E-state index in [0.717, 1.165) is 86.1 Å². The second kappa shape index (κ2) is 9.52. The molecule has 6 aromatic rings. The SMILES string of the molecule is CCn1c(C)c(C2=CC(c3c(C)n(CC)c4ccccc34)(c3c(C)n(CC)c4ccccc34)OC2=O)c2ccccc21. The number of ether oxygens (including phenoxy) is 1. The lowest BCUT2D eigenvalue weighted by molar-refractivity contribution is -0.142. The number of carbonyl (C=O) groups excluding carboxylic acids is 1. The van der Waals surface area contributed by atoms with Crippen LogP contribution in [0.1, 0.15) is 54.5 Å². The largest absolute Gasteiger partial charge is 0.441 e. The van der Waals surface area contributed by atoms with E-state index in [2.05, 4.69) is 134 Å². The van der Waals surface area contributed by atoms with Crippen molar-refractivity contribution in [2.75, 3.05) is 0 Å². The van der Waals surface area contributed by atoms with Gasteiger partial charge in [-0.15, -0.1) is 0 Å². The smallest absolute Gasteiger partial charge is 0.340 e. The van der Waals surface area contributed by atoms with Crippen molar-refractivity contribution in [2.45, 2.75) is 66.8 Å². The van der Waals surface area contributed by atoms with Crippen LogP contribution in [-0.2, 0) is 34.8 Å². The molecule has 0 fully saturated rings. The Hall–Kier alpha value is -4.51. The van der Waals surface area contributed by atoms with E-state index in [9.17, 15) is 4.79 Å².